The first kappa shape index (κ1) is 32.9. The third kappa shape index (κ3) is 15.0. The molecular weight excluding hydrogens is 454 g/mol. The molecule has 1 aromatic carbocycles. The molecule has 0 atom stereocenters. The van der Waals surface area contributed by atoms with Crippen LogP contribution in [0.15, 0.2) is 41.5 Å². The number of ether oxygens (including phenoxy) is 2. The Bertz CT molecular complexity index is 866. The van der Waals surface area contributed by atoms with E-state index in [1.165, 1.54) is 12.0 Å². The van der Waals surface area contributed by atoms with Crippen LogP contribution < -0.4 is 20.4 Å². The van der Waals surface area contributed by atoms with Crippen LogP contribution in [-0.4, -0.2) is 57.1 Å². The van der Waals surface area contributed by atoms with E-state index in [2.05, 4.69) is 66.5 Å². The summed E-state index contributed by atoms with van der Waals surface area (Å²) in [4.78, 5) is 16.9. The fourth-order valence-electron chi connectivity index (χ4n) is 2.85. The lowest BCUT2D eigenvalue weighted by Crippen LogP contribution is -2.36. The van der Waals surface area contributed by atoms with Gasteiger partial charge in [-0.05, 0) is 44.0 Å². The molecule has 2 aromatic rings. The van der Waals surface area contributed by atoms with Gasteiger partial charge >= 0.3 is 0 Å². The lowest BCUT2D eigenvalue weighted by Gasteiger charge is -2.19. The number of benzene rings is 1. The number of aryl methyl sites for hydroxylation is 1. The highest BCUT2D eigenvalue weighted by molar-refractivity contribution is 5.80. The van der Waals surface area contributed by atoms with Crippen molar-refractivity contribution in [2.24, 2.45) is 5.10 Å². The Morgan fingerprint density at radius 2 is 1.92 bits per heavy atom. The van der Waals surface area contributed by atoms with Crippen molar-refractivity contribution in [3.8, 4) is 5.88 Å². The first-order valence-corrected chi connectivity index (χ1v) is 13.0. The fraction of sp³-hybridized carbons (Fsp3) is 0.536. The number of amides is 1. The van der Waals surface area contributed by atoms with Crippen LogP contribution in [0.3, 0.4) is 0 Å². The SMILES string of the molecule is CC.CCC.CCCN(C)c1cc(/C=N/Nc2cccc(C)c2)nc(OCC)c1.O=C1COCCN1. The highest BCUT2D eigenvalue weighted by atomic mass is 16.5. The van der Waals surface area contributed by atoms with E-state index in [1.54, 1.807) is 6.21 Å². The third-order valence-corrected chi connectivity index (χ3v) is 4.31. The molecule has 0 radical (unpaired) electrons. The predicted molar refractivity (Wildman–Crippen MR) is 153 cm³/mol. The standard InChI is InChI=1S/C19H26N4O.C4H7NO2.C3H8.C2H6/c1-5-10-23(4)18-12-17(21-19(13-18)24-6-2)14-20-22-16-9-7-8-15(3)11-16;6-4-3-7-2-1-5-4;1-3-2;1-2/h7-9,11-14,22H,5-6,10H2,1-4H3;1-3H2,(H,5,6);3H2,1-2H3;1-2H3/b20-14+;;;. The van der Waals surface area contributed by atoms with Gasteiger partial charge in [0.2, 0.25) is 11.8 Å². The van der Waals surface area contributed by atoms with Gasteiger partial charge in [-0.2, -0.15) is 5.10 Å². The van der Waals surface area contributed by atoms with Crippen LogP contribution in [0.5, 0.6) is 5.88 Å². The normalized spacial score (nSPS) is 12.1. The number of carbonyl (C=O) groups is 1. The highest BCUT2D eigenvalue weighted by Gasteiger charge is 2.06. The van der Waals surface area contributed by atoms with Gasteiger partial charge in [0.05, 0.1) is 30.8 Å². The molecule has 36 heavy (non-hydrogen) atoms. The average Bonchev–Trinajstić information content (AvgIpc) is 2.87. The highest BCUT2D eigenvalue weighted by Crippen LogP contribution is 2.20. The van der Waals surface area contributed by atoms with Crippen molar-refractivity contribution < 1.29 is 14.3 Å². The lowest BCUT2D eigenvalue weighted by atomic mass is 10.2. The first-order valence-electron chi connectivity index (χ1n) is 13.0. The van der Waals surface area contributed by atoms with Crippen LogP contribution in [0.25, 0.3) is 0 Å². The zero-order valence-electron chi connectivity index (χ0n) is 23.6. The van der Waals surface area contributed by atoms with E-state index in [-0.39, 0.29) is 12.5 Å². The Hall–Kier alpha value is -3.13. The van der Waals surface area contributed by atoms with Crippen molar-refractivity contribution in [2.45, 2.75) is 61.3 Å². The molecule has 8 heteroatoms. The number of hydrogen-bond donors (Lipinski definition) is 2. The Balaban J connectivity index is 0.000000845. The summed E-state index contributed by atoms with van der Waals surface area (Å²) in [7, 11) is 2.07. The molecule has 1 fully saturated rings. The maximum atomic E-state index is 10.2. The van der Waals surface area contributed by atoms with Gasteiger partial charge in [-0.25, -0.2) is 4.98 Å². The van der Waals surface area contributed by atoms with Crippen LogP contribution >= 0.6 is 0 Å². The molecule has 202 valence electrons. The predicted octanol–water partition coefficient (Wildman–Crippen LogP) is 5.66. The summed E-state index contributed by atoms with van der Waals surface area (Å²) < 4.78 is 10.3. The second-order valence-electron chi connectivity index (χ2n) is 7.79. The van der Waals surface area contributed by atoms with Crippen LogP contribution in [0, 0.1) is 6.92 Å². The van der Waals surface area contributed by atoms with Gasteiger partial charge in [-0.1, -0.05) is 53.2 Å². The Labute approximate surface area is 218 Å². The largest absolute Gasteiger partial charge is 0.478 e. The molecular formula is C28H47N5O3. The van der Waals surface area contributed by atoms with Crippen molar-refractivity contribution in [3.05, 3.63) is 47.7 Å². The van der Waals surface area contributed by atoms with Gasteiger partial charge in [0.15, 0.2) is 0 Å². The molecule has 2 heterocycles. The summed E-state index contributed by atoms with van der Waals surface area (Å²) in [6.45, 7) is 17.6. The molecule has 1 amide bonds. The Morgan fingerprint density at radius 1 is 1.19 bits per heavy atom. The van der Waals surface area contributed by atoms with E-state index >= 15 is 0 Å². The van der Waals surface area contributed by atoms with Gasteiger partial charge in [0, 0.05) is 31.9 Å². The second kappa shape index (κ2) is 21.2. The smallest absolute Gasteiger partial charge is 0.246 e. The minimum atomic E-state index is -0.00810. The summed E-state index contributed by atoms with van der Waals surface area (Å²) >= 11 is 0. The number of carbonyl (C=O) groups excluding carboxylic acids is 1. The van der Waals surface area contributed by atoms with Crippen molar-refractivity contribution in [3.63, 3.8) is 0 Å². The zero-order chi connectivity index (χ0) is 27.2. The van der Waals surface area contributed by atoms with Crippen LogP contribution in [-0.2, 0) is 9.53 Å². The van der Waals surface area contributed by atoms with E-state index in [0.717, 1.165) is 30.0 Å². The van der Waals surface area contributed by atoms with E-state index in [0.29, 0.717) is 25.6 Å². The summed E-state index contributed by atoms with van der Waals surface area (Å²) in [5.41, 5.74) is 7.02. The molecule has 8 nitrogen and oxygen atoms in total. The van der Waals surface area contributed by atoms with E-state index in [1.807, 2.05) is 51.1 Å². The first-order chi connectivity index (χ1) is 17.4. The maximum Gasteiger partial charge on any atom is 0.246 e. The fourth-order valence-corrected chi connectivity index (χ4v) is 2.85. The number of nitrogens with zero attached hydrogens (tertiary/aromatic N) is 3. The summed E-state index contributed by atoms with van der Waals surface area (Å²) in [6, 6.07) is 12.1. The van der Waals surface area contributed by atoms with Gasteiger partial charge in [0.25, 0.3) is 0 Å². The van der Waals surface area contributed by atoms with Gasteiger partial charge < -0.3 is 19.7 Å². The van der Waals surface area contributed by atoms with E-state index in [9.17, 15) is 4.79 Å². The number of nitrogens with one attached hydrogen (secondary N) is 2. The van der Waals surface area contributed by atoms with Crippen molar-refractivity contribution in [1.29, 1.82) is 0 Å². The number of aromatic nitrogens is 1. The number of pyridine rings is 1. The third-order valence-electron chi connectivity index (χ3n) is 4.31. The van der Waals surface area contributed by atoms with Gasteiger partial charge in [-0.3, -0.25) is 10.2 Å². The molecule has 1 aliphatic rings. The van der Waals surface area contributed by atoms with E-state index < -0.39 is 0 Å². The molecule has 0 saturated carbocycles. The minimum absolute atomic E-state index is 0.00810. The van der Waals surface area contributed by atoms with Crippen LogP contribution in [0.4, 0.5) is 11.4 Å². The molecule has 0 bridgehead atoms. The van der Waals surface area contributed by atoms with Gasteiger partial charge in [-0.15, -0.1) is 0 Å². The minimum Gasteiger partial charge on any atom is -0.478 e. The summed E-state index contributed by atoms with van der Waals surface area (Å²) in [5.74, 6) is 0.612. The summed E-state index contributed by atoms with van der Waals surface area (Å²) in [6.07, 6.45) is 4.05. The van der Waals surface area contributed by atoms with Crippen molar-refractivity contribution >= 4 is 23.5 Å². The van der Waals surface area contributed by atoms with Crippen LogP contribution in [0.2, 0.25) is 0 Å². The molecule has 0 spiro atoms. The maximum absolute atomic E-state index is 10.2. The number of morpholine rings is 1. The molecule has 2 N–H and O–H groups in total. The molecule has 1 aliphatic heterocycles. The average molecular weight is 502 g/mol. The lowest BCUT2D eigenvalue weighted by molar-refractivity contribution is -0.128. The summed E-state index contributed by atoms with van der Waals surface area (Å²) in [5, 5.41) is 6.91. The molecule has 1 saturated heterocycles. The van der Waals surface area contributed by atoms with Crippen molar-refractivity contribution in [2.75, 3.05) is 50.3 Å². The monoisotopic (exact) mass is 501 g/mol. The van der Waals surface area contributed by atoms with Crippen LogP contribution in [0.1, 0.15) is 65.6 Å². The number of hydrazone groups is 1. The quantitative estimate of drug-likeness (QED) is 0.359. The molecule has 1 aromatic heterocycles. The molecule has 3 rings (SSSR count). The zero-order valence-corrected chi connectivity index (χ0v) is 23.6. The molecule has 0 aliphatic carbocycles. The van der Waals surface area contributed by atoms with E-state index in [4.69, 9.17) is 9.47 Å². The Kier molecular flexibility index (Phi) is 19.3. The molecule has 0 unspecified atom stereocenters. The Morgan fingerprint density at radius 3 is 2.44 bits per heavy atom. The van der Waals surface area contributed by atoms with Gasteiger partial charge in [0.1, 0.15) is 6.61 Å². The number of hydrogen-bond acceptors (Lipinski definition) is 7. The topological polar surface area (TPSA) is 88.1 Å². The number of rotatable bonds is 8. The second-order valence-corrected chi connectivity index (χ2v) is 7.79. The number of anilines is 2. The van der Waals surface area contributed by atoms with Crippen molar-refractivity contribution in [1.82, 2.24) is 10.3 Å².